The number of rotatable bonds is 7. The number of amides is 1. The third-order valence-electron chi connectivity index (χ3n) is 4.96. The van der Waals surface area contributed by atoms with E-state index in [1.807, 2.05) is 62.8 Å². The molecular weight excluding hydrogens is 330 g/mol. The molecule has 0 radical (unpaired) electrons. The first-order valence-electron chi connectivity index (χ1n) is 8.79. The van der Waals surface area contributed by atoms with Gasteiger partial charge in [0.25, 0.3) is 0 Å². The number of benzene rings is 1. The lowest BCUT2D eigenvalue weighted by molar-refractivity contribution is -0.142. The molecule has 0 aliphatic rings. The quantitative estimate of drug-likeness (QED) is 0.798. The number of nitrogens with one attached hydrogen (secondary N) is 1. The Morgan fingerprint density at radius 3 is 2.31 bits per heavy atom. The average Bonchev–Trinajstić information content (AvgIpc) is 2.85. The second kappa shape index (κ2) is 8.17. The van der Waals surface area contributed by atoms with Gasteiger partial charge in [0.05, 0.1) is 17.7 Å². The molecule has 1 aromatic heterocycles. The number of carboxylic acids is 1. The summed E-state index contributed by atoms with van der Waals surface area (Å²) in [6.45, 7) is 7.39. The van der Waals surface area contributed by atoms with Gasteiger partial charge in [-0.1, -0.05) is 37.3 Å². The molecule has 6 heteroatoms. The molecule has 3 unspecified atom stereocenters. The lowest BCUT2D eigenvalue weighted by atomic mass is 9.92. The number of carboxylic acid groups (broad SMARTS) is 1. The zero-order valence-electron chi connectivity index (χ0n) is 16.0. The summed E-state index contributed by atoms with van der Waals surface area (Å²) in [7, 11) is 1.89. The van der Waals surface area contributed by atoms with E-state index in [-0.39, 0.29) is 11.8 Å². The summed E-state index contributed by atoms with van der Waals surface area (Å²) in [6, 6.07) is 8.66. The van der Waals surface area contributed by atoms with Crippen LogP contribution in [0.2, 0.25) is 0 Å². The molecule has 1 heterocycles. The molecule has 2 N–H and O–H groups in total. The van der Waals surface area contributed by atoms with Gasteiger partial charge in [0.1, 0.15) is 0 Å². The highest BCUT2D eigenvalue weighted by Crippen LogP contribution is 2.24. The minimum atomic E-state index is -0.939. The predicted octanol–water partition coefficient (Wildman–Crippen LogP) is 2.79. The van der Waals surface area contributed by atoms with Gasteiger partial charge < -0.3 is 10.4 Å². The van der Waals surface area contributed by atoms with Crippen LogP contribution in [-0.2, 0) is 23.1 Å². The fourth-order valence-corrected chi connectivity index (χ4v) is 3.11. The lowest BCUT2D eigenvalue weighted by Crippen LogP contribution is -2.38. The van der Waals surface area contributed by atoms with Crippen LogP contribution in [0, 0.1) is 25.7 Å². The van der Waals surface area contributed by atoms with Gasteiger partial charge in [0.2, 0.25) is 5.91 Å². The Morgan fingerprint density at radius 2 is 1.81 bits per heavy atom. The van der Waals surface area contributed by atoms with Crippen molar-refractivity contribution in [2.45, 2.75) is 40.2 Å². The van der Waals surface area contributed by atoms with E-state index in [0.717, 1.165) is 22.5 Å². The fraction of sp³-hybridized carbons (Fsp3) is 0.450. The van der Waals surface area contributed by atoms with Crippen LogP contribution in [0.1, 0.15) is 42.4 Å². The van der Waals surface area contributed by atoms with Crippen LogP contribution in [0.3, 0.4) is 0 Å². The Kier molecular flexibility index (Phi) is 6.18. The highest BCUT2D eigenvalue weighted by molar-refractivity contribution is 5.80. The summed E-state index contributed by atoms with van der Waals surface area (Å²) in [5.41, 5.74) is 3.82. The zero-order chi connectivity index (χ0) is 19.4. The number of carbonyl (C=O) groups excluding carboxylic acids is 1. The first kappa shape index (κ1) is 19.7. The number of aromatic nitrogens is 2. The molecule has 0 saturated carbocycles. The Balaban J connectivity index is 2.17. The predicted molar refractivity (Wildman–Crippen MR) is 99.7 cm³/mol. The van der Waals surface area contributed by atoms with Gasteiger partial charge in [-0.2, -0.15) is 5.10 Å². The molecule has 1 aromatic carbocycles. The monoisotopic (exact) mass is 357 g/mol. The standard InChI is InChI=1S/C20H27N3O3/c1-12(11-17-14(3)22-23(5)15(17)4)19(24)21-18(13(2)20(25)26)16-9-7-6-8-10-16/h6-10,12-13,18H,11H2,1-5H3,(H,21,24)(H,25,26). The number of carbonyl (C=O) groups is 2. The van der Waals surface area contributed by atoms with E-state index < -0.39 is 17.9 Å². The van der Waals surface area contributed by atoms with Crippen LogP contribution in [0.15, 0.2) is 30.3 Å². The molecule has 2 aromatic rings. The van der Waals surface area contributed by atoms with E-state index in [2.05, 4.69) is 10.4 Å². The normalized spacial score (nSPS) is 14.5. The van der Waals surface area contributed by atoms with Crippen molar-refractivity contribution in [2.24, 2.45) is 18.9 Å². The third-order valence-corrected chi connectivity index (χ3v) is 4.96. The summed E-state index contributed by atoms with van der Waals surface area (Å²) < 4.78 is 1.81. The van der Waals surface area contributed by atoms with Gasteiger partial charge >= 0.3 is 5.97 Å². The van der Waals surface area contributed by atoms with Crippen LogP contribution in [0.4, 0.5) is 0 Å². The number of hydrogen-bond donors (Lipinski definition) is 2. The van der Waals surface area contributed by atoms with Crippen molar-refractivity contribution in [3.63, 3.8) is 0 Å². The van der Waals surface area contributed by atoms with Crippen molar-refractivity contribution in [1.29, 1.82) is 0 Å². The molecule has 0 fully saturated rings. The number of nitrogens with zero attached hydrogens (tertiary/aromatic N) is 2. The van der Waals surface area contributed by atoms with Gasteiger partial charge in [-0.15, -0.1) is 0 Å². The van der Waals surface area contributed by atoms with E-state index in [9.17, 15) is 14.7 Å². The minimum Gasteiger partial charge on any atom is -0.481 e. The van der Waals surface area contributed by atoms with Crippen LogP contribution in [0.25, 0.3) is 0 Å². The highest BCUT2D eigenvalue weighted by atomic mass is 16.4. The van der Waals surface area contributed by atoms with Gasteiger partial charge in [0, 0.05) is 18.7 Å². The van der Waals surface area contributed by atoms with E-state index in [4.69, 9.17) is 0 Å². The molecule has 6 nitrogen and oxygen atoms in total. The van der Waals surface area contributed by atoms with Crippen LogP contribution < -0.4 is 5.32 Å². The van der Waals surface area contributed by atoms with E-state index in [0.29, 0.717) is 6.42 Å². The summed E-state index contributed by atoms with van der Waals surface area (Å²) >= 11 is 0. The topological polar surface area (TPSA) is 84.2 Å². The maximum absolute atomic E-state index is 12.8. The summed E-state index contributed by atoms with van der Waals surface area (Å²) in [6.07, 6.45) is 0.570. The molecule has 0 aliphatic heterocycles. The second-order valence-corrected chi connectivity index (χ2v) is 6.90. The Bertz CT molecular complexity index is 783. The molecule has 1 amide bonds. The number of hydrogen-bond acceptors (Lipinski definition) is 3. The van der Waals surface area contributed by atoms with E-state index in [1.54, 1.807) is 6.92 Å². The van der Waals surface area contributed by atoms with Crippen molar-refractivity contribution >= 4 is 11.9 Å². The summed E-state index contributed by atoms with van der Waals surface area (Å²) in [5.74, 6) is -2.11. The molecule has 0 saturated heterocycles. The van der Waals surface area contributed by atoms with Gasteiger partial charge in [-0.25, -0.2) is 0 Å². The molecule has 0 aliphatic carbocycles. The Morgan fingerprint density at radius 1 is 1.19 bits per heavy atom. The highest BCUT2D eigenvalue weighted by Gasteiger charge is 2.28. The second-order valence-electron chi connectivity index (χ2n) is 6.90. The van der Waals surface area contributed by atoms with Crippen molar-refractivity contribution in [3.8, 4) is 0 Å². The molecular formula is C20H27N3O3. The largest absolute Gasteiger partial charge is 0.481 e. The van der Waals surface area contributed by atoms with Gasteiger partial charge in [-0.3, -0.25) is 14.3 Å². The molecule has 2 rings (SSSR count). The lowest BCUT2D eigenvalue weighted by Gasteiger charge is -2.25. The first-order chi connectivity index (χ1) is 12.2. The smallest absolute Gasteiger partial charge is 0.308 e. The van der Waals surface area contributed by atoms with E-state index >= 15 is 0 Å². The molecule has 0 spiro atoms. The molecule has 3 atom stereocenters. The van der Waals surface area contributed by atoms with E-state index in [1.165, 1.54) is 0 Å². The van der Waals surface area contributed by atoms with Gasteiger partial charge in [-0.05, 0) is 38.3 Å². The zero-order valence-corrected chi connectivity index (χ0v) is 16.0. The molecule has 0 bridgehead atoms. The first-order valence-corrected chi connectivity index (χ1v) is 8.79. The van der Waals surface area contributed by atoms with Crippen LogP contribution >= 0.6 is 0 Å². The SMILES string of the molecule is Cc1nn(C)c(C)c1CC(C)C(=O)NC(c1ccccc1)C(C)C(=O)O. The minimum absolute atomic E-state index is 0.158. The average molecular weight is 357 g/mol. The van der Waals surface area contributed by atoms with Crippen LogP contribution in [0.5, 0.6) is 0 Å². The van der Waals surface area contributed by atoms with Crippen LogP contribution in [-0.4, -0.2) is 26.8 Å². The Hall–Kier alpha value is -2.63. The number of aryl methyl sites for hydroxylation is 2. The summed E-state index contributed by atoms with van der Waals surface area (Å²) in [4.78, 5) is 24.2. The molecule has 140 valence electrons. The van der Waals surface area contributed by atoms with Crippen molar-refractivity contribution in [1.82, 2.24) is 15.1 Å². The van der Waals surface area contributed by atoms with Crippen molar-refractivity contribution in [2.75, 3.05) is 0 Å². The maximum atomic E-state index is 12.8. The maximum Gasteiger partial charge on any atom is 0.308 e. The third kappa shape index (κ3) is 4.31. The Labute approximate surface area is 154 Å². The number of aliphatic carboxylic acids is 1. The molecule has 26 heavy (non-hydrogen) atoms. The van der Waals surface area contributed by atoms with Crippen molar-refractivity contribution < 1.29 is 14.7 Å². The van der Waals surface area contributed by atoms with Gasteiger partial charge in [0.15, 0.2) is 0 Å². The van der Waals surface area contributed by atoms with Crippen molar-refractivity contribution in [3.05, 3.63) is 52.8 Å². The summed E-state index contributed by atoms with van der Waals surface area (Å²) in [5, 5.41) is 16.7. The fourth-order valence-electron chi connectivity index (χ4n) is 3.11.